The zero-order valence-electron chi connectivity index (χ0n) is 15.0. The van der Waals surface area contributed by atoms with Gasteiger partial charge in [-0.15, -0.1) is 0 Å². The number of rotatable bonds is 5. The first kappa shape index (κ1) is 18.9. The molecule has 1 amide bonds. The van der Waals surface area contributed by atoms with Crippen LogP contribution in [0.2, 0.25) is 0 Å². The molecular weight excluding hydrogens is 432 g/mol. The number of carbonyl (C=O) groups is 1. The minimum atomic E-state index is -2.91. The second kappa shape index (κ2) is 6.84. The Morgan fingerprint density at radius 1 is 1.25 bits per heavy atom. The van der Waals surface area contributed by atoms with Crippen LogP contribution in [0.25, 0.3) is 0 Å². The summed E-state index contributed by atoms with van der Waals surface area (Å²) in [7, 11) is 1.57. The quantitative estimate of drug-likeness (QED) is 0.750. The molecule has 1 fully saturated rings. The number of nitrogens with two attached hydrogens (primary N) is 1. The smallest absolute Gasteiger partial charge is 0.387 e. The molecule has 1 atom stereocenters. The highest BCUT2D eigenvalue weighted by Crippen LogP contribution is 2.48. The van der Waals surface area contributed by atoms with Gasteiger partial charge in [-0.1, -0.05) is 34.1 Å². The SMILES string of the molecule is CN1C(=O)[C@](c2cccc(Br)c2)(c2ccc(OC(F)F)c(C3CC3)c2)N=C1N. The van der Waals surface area contributed by atoms with Gasteiger partial charge in [-0.2, -0.15) is 8.78 Å². The fourth-order valence-corrected chi connectivity index (χ4v) is 3.99. The topological polar surface area (TPSA) is 67.9 Å². The van der Waals surface area contributed by atoms with E-state index in [1.807, 2.05) is 18.2 Å². The Hall–Kier alpha value is -2.48. The van der Waals surface area contributed by atoms with E-state index in [1.54, 1.807) is 25.2 Å². The Bertz CT molecular complexity index is 978. The molecule has 2 aromatic rings. The highest BCUT2D eigenvalue weighted by Gasteiger charge is 2.50. The molecule has 5 nitrogen and oxygen atoms in total. The Labute approximate surface area is 169 Å². The van der Waals surface area contributed by atoms with Crippen LogP contribution in [0.15, 0.2) is 51.9 Å². The van der Waals surface area contributed by atoms with Crippen LogP contribution in [0.3, 0.4) is 0 Å². The van der Waals surface area contributed by atoms with Gasteiger partial charge in [0.1, 0.15) is 5.75 Å². The van der Waals surface area contributed by atoms with E-state index in [9.17, 15) is 13.6 Å². The van der Waals surface area contributed by atoms with Crippen LogP contribution >= 0.6 is 15.9 Å². The van der Waals surface area contributed by atoms with Crippen molar-refractivity contribution in [2.75, 3.05) is 7.05 Å². The number of likely N-dealkylation sites (N-methyl/N-ethyl adjacent to an activating group) is 1. The Kier molecular flexibility index (Phi) is 4.61. The van der Waals surface area contributed by atoms with Crippen LogP contribution in [0, 0.1) is 0 Å². The van der Waals surface area contributed by atoms with Gasteiger partial charge in [0.25, 0.3) is 5.91 Å². The first-order chi connectivity index (χ1) is 13.3. The molecule has 1 aliphatic heterocycles. The second-order valence-corrected chi connectivity index (χ2v) is 7.88. The molecule has 1 heterocycles. The standard InChI is InChI=1S/C20H18BrF2N3O2/c1-26-17(27)20(25-19(26)24,12-3-2-4-14(21)9-12)13-7-8-16(28-18(22)23)15(10-13)11-5-6-11/h2-4,7-11,18H,5-6H2,1H3,(H2,24,25)/t20-/m0/s1. The van der Waals surface area contributed by atoms with Crippen molar-refractivity contribution in [3.05, 3.63) is 63.6 Å². The van der Waals surface area contributed by atoms with Crippen LogP contribution in [0.1, 0.15) is 35.4 Å². The summed E-state index contributed by atoms with van der Waals surface area (Å²) < 4.78 is 31.1. The lowest BCUT2D eigenvalue weighted by molar-refractivity contribution is -0.129. The van der Waals surface area contributed by atoms with Gasteiger partial charge in [0.2, 0.25) is 0 Å². The van der Waals surface area contributed by atoms with E-state index in [0.29, 0.717) is 16.7 Å². The molecule has 0 radical (unpaired) electrons. The van der Waals surface area contributed by atoms with E-state index in [0.717, 1.165) is 17.3 Å². The molecule has 28 heavy (non-hydrogen) atoms. The van der Waals surface area contributed by atoms with Crippen LogP contribution in [0.5, 0.6) is 5.75 Å². The van der Waals surface area contributed by atoms with Crippen LogP contribution in [0.4, 0.5) is 8.78 Å². The zero-order chi connectivity index (χ0) is 20.1. The number of benzene rings is 2. The molecule has 8 heteroatoms. The Morgan fingerprint density at radius 3 is 2.54 bits per heavy atom. The van der Waals surface area contributed by atoms with Gasteiger partial charge >= 0.3 is 6.61 Å². The lowest BCUT2D eigenvalue weighted by Gasteiger charge is -2.27. The van der Waals surface area contributed by atoms with Crippen molar-refractivity contribution in [2.24, 2.45) is 10.7 Å². The van der Waals surface area contributed by atoms with Crippen molar-refractivity contribution in [3.8, 4) is 5.75 Å². The number of alkyl halides is 2. The van der Waals surface area contributed by atoms with Crippen molar-refractivity contribution in [1.29, 1.82) is 0 Å². The second-order valence-electron chi connectivity index (χ2n) is 6.96. The summed E-state index contributed by atoms with van der Waals surface area (Å²) in [6.45, 7) is -2.91. The summed E-state index contributed by atoms with van der Waals surface area (Å²) in [5, 5.41) is 0. The normalized spacial score (nSPS) is 22.0. The molecule has 2 N–H and O–H groups in total. The van der Waals surface area contributed by atoms with Crippen molar-refractivity contribution < 1.29 is 18.3 Å². The molecule has 1 aliphatic carbocycles. The first-order valence-corrected chi connectivity index (χ1v) is 9.61. The summed E-state index contributed by atoms with van der Waals surface area (Å²) in [6, 6.07) is 12.1. The molecule has 0 unspecified atom stereocenters. The number of halogens is 3. The third-order valence-electron chi connectivity index (χ3n) is 5.14. The highest BCUT2D eigenvalue weighted by molar-refractivity contribution is 9.10. The van der Waals surface area contributed by atoms with Gasteiger partial charge in [0.05, 0.1) is 0 Å². The Morgan fingerprint density at radius 2 is 1.96 bits per heavy atom. The van der Waals surface area contributed by atoms with Gasteiger partial charge in [-0.25, -0.2) is 4.99 Å². The van der Waals surface area contributed by atoms with Crippen LogP contribution in [-0.2, 0) is 10.3 Å². The fraction of sp³-hybridized carbons (Fsp3) is 0.300. The Balaban J connectivity index is 1.91. The number of nitrogens with zero attached hydrogens (tertiary/aromatic N) is 2. The first-order valence-electron chi connectivity index (χ1n) is 8.81. The zero-order valence-corrected chi connectivity index (χ0v) is 16.6. The number of guanidine groups is 1. The minimum Gasteiger partial charge on any atom is -0.435 e. The van der Waals surface area contributed by atoms with Gasteiger partial charge < -0.3 is 10.5 Å². The summed E-state index contributed by atoms with van der Waals surface area (Å²) in [5.41, 5.74) is 6.50. The molecule has 2 aliphatic rings. The maximum absolute atomic E-state index is 13.3. The monoisotopic (exact) mass is 449 g/mol. The summed E-state index contributed by atoms with van der Waals surface area (Å²) in [4.78, 5) is 19.1. The molecule has 0 bridgehead atoms. The summed E-state index contributed by atoms with van der Waals surface area (Å²) in [6.07, 6.45) is 1.79. The third kappa shape index (κ3) is 3.05. The van der Waals surface area contributed by atoms with Gasteiger partial charge in [0, 0.05) is 11.5 Å². The molecule has 0 aromatic heterocycles. The van der Waals surface area contributed by atoms with Crippen molar-refractivity contribution in [2.45, 2.75) is 30.9 Å². The lowest BCUT2D eigenvalue weighted by Crippen LogP contribution is -2.41. The predicted molar refractivity (Wildman–Crippen MR) is 104 cm³/mol. The average molecular weight is 450 g/mol. The molecule has 1 saturated carbocycles. The van der Waals surface area contributed by atoms with Gasteiger partial charge in [-0.05, 0) is 59.7 Å². The van der Waals surface area contributed by atoms with E-state index in [1.165, 1.54) is 11.0 Å². The number of ether oxygens (including phenoxy) is 1. The average Bonchev–Trinajstić information content (AvgIpc) is 3.46. The van der Waals surface area contributed by atoms with Crippen molar-refractivity contribution >= 4 is 27.8 Å². The van der Waals surface area contributed by atoms with E-state index in [4.69, 9.17) is 10.5 Å². The maximum atomic E-state index is 13.3. The number of hydrogen-bond acceptors (Lipinski definition) is 4. The molecule has 0 saturated heterocycles. The third-order valence-corrected chi connectivity index (χ3v) is 5.64. The summed E-state index contributed by atoms with van der Waals surface area (Å²) >= 11 is 3.43. The largest absolute Gasteiger partial charge is 0.435 e. The highest BCUT2D eigenvalue weighted by atomic mass is 79.9. The van der Waals surface area contributed by atoms with Crippen molar-refractivity contribution in [1.82, 2.24) is 4.90 Å². The van der Waals surface area contributed by atoms with Crippen molar-refractivity contribution in [3.63, 3.8) is 0 Å². The molecule has 2 aromatic carbocycles. The van der Waals surface area contributed by atoms with E-state index >= 15 is 0 Å². The number of hydrogen-bond donors (Lipinski definition) is 1. The van der Waals surface area contributed by atoms with Crippen LogP contribution in [-0.4, -0.2) is 30.4 Å². The molecule has 146 valence electrons. The molecular formula is C20H18BrF2N3O2. The van der Waals surface area contributed by atoms with Gasteiger partial charge in [0.15, 0.2) is 11.5 Å². The van der Waals surface area contributed by atoms with E-state index in [2.05, 4.69) is 20.9 Å². The maximum Gasteiger partial charge on any atom is 0.387 e. The fourth-order valence-electron chi connectivity index (χ4n) is 3.59. The minimum absolute atomic E-state index is 0.103. The van der Waals surface area contributed by atoms with E-state index < -0.39 is 12.2 Å². The lowest BCUT2D eigenvalue weighted by atomic mass is 9.81. The molecule has 0 spiro atoms. The predicted octanol–water partition coefficient (Wildman–Crippen LogP) is 3.96. The number of carbonyl (C=O) groups excluding carboxylic acids is 1. The summed E-state index contributed by atoms with van der Waals surface area (Å²) in [5.74, 6) is 0.0865. The molecule has 4 rings (SSSR count). The van der Waals surface area contributed by atoms with E-state index in [-0.39, 0.29) is 23.5 Å². The van der Waals surface area contributed by atoms with Gasteiger partial charge in [-0.3, -0.25) is 9.69 Å². The number of amides is 1. The number of aliphatic imine (C=N–C) groups is 1. The van der Waals surface area contributed by atoms with Crippen LogP contribution < -0.4 is 10.5 Å².